The number of amides is 1. The summed E-state index contributed by atoms with van der Waals surface area (Å²) in [7, 11) is 0. The summed E-state index contributed by atoms with van der Waals surface area (Å²) >= 11 is 0. The molecular formula is C15H26N4O. The van der Waals surface area contributed by atoms with E-state index in [4.69, 9.17) is 0 Å². The van der Waals surface area contributed by atoms with Crippen molar-refractivity contribution in [3.05, 3.63) is 12.3 Å². The first-order valence-corrected chi connectivity index (χ1v) is 7.68. The molecule has 1 fully saturated rings. The first-order valence-electron chi connectivity index (χ1n) is 7.68. The number of carbonyl (C=O) groups excluding carboxylic acids is 1. The highest BCUT2D eigenvalue weighted by atomic mass is 16.2. The number of carbonyl (C=O) groups is 1. The van der Waals surface area contributed by atoms with Crippen LogP contribution in [0.1, 0.15) is 52.5 Å². The number of aromatic nitrogens is 2. The third-order valence-electron chi connectivity index (χ3n) is 3.98. The molecule has 0 radical (unpaired) electrons. The Hall–Kier alpha value is -1.36. The molecule has 1 amide bonds. The molecule has 5 nitrogen and oxygen atoms in total. The topological polar surface area (TPSA) is 50.2 Å². The van der Waals surface area contributed by atoms with Gasteiger partial charge in [-0.1, -0.05) is 12.8 Å². The lowest BCUT2D eigenvalue weighted by Crippen LogP contribution is -2.42. The molecule has 2 heterocycles. The van der Waals surface area contributed by atoms with E-state index in [1.807, 2.05) is 17.7 Å². The fourth-order valence-corrected chi connectivity index (χ4v) is 2.70. The minimum absolute atomic E-state index is 0.0642. The number of nitrogens with one attached hydrogen (secondary N) is 1. The van der Waals surface area contributed by atoms with Crippen molar-refractivity contribution in [3.8, 4) is 0 Å². The van der Waals surface area contributed by atoms with Gasteiger partial charge in [-0.2, -0.15) is 5.10 Å². The average Bonchev–Trinajstić information content (AvgIpc) is 2.72. The van der Waals surface area contributed by atoms with Crippen LogP contribution in [0.3, 0.4) is 0 Å². The quantitative estimate of drug-likeness (QED) is 0.921. The maximum atomic E-state index is 12.4. The highest BCUT2D eigenvalue weighted by molar-refractivity contribution is 5.93. The first-order chi connectivity index (χ1) is 9.59. The molecule has 1 atom stereocenters. The van der Waals surface area contributed by atoms with Gasteiger partial charge in [0.25, 0.3) is 0 Å². The van der Waals surface area contributed by atoms with Crippen molar-refractivity contribution in [2.75, 3.05) is 18.4 Å². The van der Waals surface area contributed by atoms with E-state index in [9.17, 15) is 4.79 Å². The Balaban J connectivity index is 1.98. The molecule has 0 aliphatic carbocycles. The van der Waals surface area contributed by atoms with Crippen LogP contribution >= 0.6 is 0 Å². The van der Waals surface area contributed by atoms with Crippen LogP contribution in [0, 0.1) is 0 Å². The van der Waals surface area contributed by atoms with Crippen molar-refractivity contribution >= 4 is 11.7 Å². The first kappa shape index (κ1) is 15.0. The molecule has 1 aliphatic heterocycles. The van der Waals surface area contributed by atoms with Crippen LogP contribution in [0.15, 0.2) is 12.3 Å². The van der Waals surface area contributed by atoms with Gasteiger partial charge in [-0.05, 0) is 46.7 Å². The normalized spacial score (nSPS) is 18.8. The van der Waals surface area contributed by atoms with Crippen LogP contribution in [0.5, 0.6) is 0 Å². The third-order valence-corrected chi connectivity index (χ3v) is 3.98. The summed E-state index contributed by atoms with van der Waals surface area (Å²) in [5.41, 5.74) is 0. The Morgan fingerprint density at radius 1 is 1.20 bits per heavy atom. The van der Waals surface area contributed by atoms with E-state index in [0.717, 1.165) is 18.9 Å². The Bertz CT molecular complexity index is 433. The SMILES string of the molecule is CC(C)n1nccc1NC(=O)[C@@H](C)N1CCCCCC1. The van der Waals surface area contributed by atoms with Crippen LogP contribution < -0.4 is 5.32 Å². The molecule has 112 valence electrons. The summed E-state index contributed by atoms with van der Waals surface area (Å²) in [6, 6.07) is 2.02. The fourth-order valence-electron chi connectivity index (χ4n) is 2.70. The minimum atomic E-state index is -0.0800. The zero-order valence-corrected chi connectivity index (χ0v) is 12.8. The lowest BCUT2D eigenvalue weighted by molar-refractivity contribution is -0.120. The van der Waals surface area contributed by atoms with Gasteiger partial charge in [0, 0.05) is 12.1 Å². The number of likely N-dealkylation sites (tertiary alicyclic amines) is 1. The lowest BCUT2D eigenvalue weighted by atomic mass is 10.2. The molecular weight excluding hydrogens is 252 g/mol. The number of rotatable bonds is 4. The van der Waals surface area contributed by atoms with Crippen molar-refractivity contribution in [1.82, 2.24) is 14.7 Å². The summed E-state index contributed by atoms with van der Waals surface area (Å²) in [6.07, 6.45) is 6.69. The molecule has 0 saturated carbocycles. The van der Waals surface area contributed by atoms with Crippen molar-refractivity contribution < 1.29 is 4.79 Å². The smallest absolute Gasteiger partial charge is 0.242 e. The van der Waals surface area contributed by atoms with Gasteiger partial charge in [0.1, 0.15) is 5.82 Å². The summed E-state index contributed by atoms with van der Waals surface area (Å²) in [5.74, 6) is 0.848. The van der Waals surface area contributed by atoms with Crippen molar-refractivity contribution in [1.29, 1.82) is 0 Å². The Kier molecular flexibility index (Phi) is 5.17. The zero-order valence-electron chi connectivity index (χ0n) is 12.8. The standard InChI is InChI=1S/C15H26N4O/c1-12(2)19-14(8-9-16-19)17-15(20)13(3)18-10-6-4-5-7-11-18/h8-9,12-13H,4-7,10-11H2,1-3H3,(H,17,20)/t13-/m1/s1. The van der Waals surface area contributed by atoms with Crippen LogP contribution in [-0.2, 0) is 4.79 Å². The van der Waals surface area contributed by atoms with E-state index in [1.165, 1.54) is 25.7 Å². The second-order valence-corrected chi connectivity index (χ2v) is 5.87. The average molecular weight is 278 g/mol. The lowest BCUT2D eigenvalue weighted by Gasteiger charge is -2.26. The molecule has 1 aromatic rings. The minimum Gasteiger partial charge on any atom is -0.310 e. The van der Waals surface area contributed by atoms with Gasteiger partial charge in [0.15, 0.2) is 0 Å². The fraction of sp³-hybridized carbons (Fsp3) is 0.733. The summed E-state index contributed by atoms with van der Waals surface area (Å²) in [6.45, 7) is 8.16. The summed E-state index contributed by atoms with van der Waals surface area (Å²) < 4.78 is 1.84. The van der Waals surface area contributed by atoms with Gasteiger partial charge < -0.3 is 5.32 Å². The molecule has 1 aromatic heterocycles. The van der Waals surface area contributed by atoms with Gasteiger partial charge in [0.2, 0.25) is 5.91 Å². The highest BCUT2D eigenvalue weighted by Crippen LogP contribution is 2.16. The molecule has 1 saturated heterocycles. The van der Waals surface area contributed by atoms with Crippen LogP contribution in [-0.4, -0.2) is 39.7 Å². The molecule has 1 aliphatic rings. The number of anilines is 1. The predicted octanol–water partition coefficient (Wildman–Crippen LogP) is 2.67. The second-order valence-electron chi connectivity index (χ2n) is 5.87. The Morgan fingerprint density at radius 3 is 2.45 bits per heavy atom. The van der Waals surface area contributed by atoms with Crippen molar-refractivity contribution in [3.63, 3.8) is 0 Å². The molecule has 5 heteroatoms. The van der Waals surface area contributed by atoms with E-state index in [1.54, 1.807) is 6.20 Å². The van der Waals surface area contributed by atoms with E-state index >= 15 is 0 Å². The number of hydrogen-bond donors (Lipinski definition) is 1. The van der Waals surface area contributed by atoms with E-state index in [2.05, 4.69) is 29.2 Å². The Labute approximate surface area is 121 Å². The molecule has 0 unspecified atom stereocenters. The number of hydrogen-bond acceptors (Lipinski definition) is 3. The van der Waals surface area contributed by atoms with E-state index < -0.39 is 0 Å². The van der Waals surface area contributed by atoms with Gasteiger partial charge in [-0.3, -0.25) is 9.69 Å². The van der Waals surface area contributed by atoms with E-state index in [0.29, 0.717) is 0 Å². The van der Waals surface area contributed by atoms with Gasteiger partial charge in [-0.25, -0.2) is 4.68 Å². The molecule has 0 aromatic carbocycles. The molecule has 20 heavy (non-hydrogen) atoms. The maximum absolute atomic E-state index is 12.4. The molecule has 0 bridgehead atoms. The third kappa shape index (κ3) is 3.60. The summed E-state index contributed by atoms with van der Waals surface area (Å²) in [4.78, 5) is 14.7. The zero-order chi connectivity index (χ0) is 14.5. The predicted molar refractivity (Wildman–Crippen MR) is 80.7 cm³/mol. The maximum Gasteiger partial charge on any atom is 0.242 e. The van der Waals surface area contributed by atoms with Gasteiger partial charge in [0.05, 0.1) is 12.2 Å². The summed E-state index contributed by atoms with van der Waals surface area (Å²) in [5, 5.41) is 7.25. The second kappa shape index (κ2) is 6.88. The van der Waals surface area contributed by atoms with E-state index in [-0.39, 0.29) is 18.0 Å². The van der Waals surface area contributed by atoms with Crippen LogP contribution in [0.4, 0.5) is 5.82 Å². The Morgan fingerprint density at radius 2 is 1.85 bits per heavy atom. The van der Waals surface area contributed by atoms with Crippen LogP contribution in [0.25, 0.3) is 0 Å². The van der Waals surface area contributed by atoms with Crippen molar-refractivity contribution in [2.24, 2.45) is 0 Å². The molecule has 0 spiro atoms. The van der Waals surface area contributed by atoms with Gasteiger partial charge >= 0.3 is 0 Å². The largest absolute Gasteiger partial charge is 0.310 e. The number of nitrogens with zero attached hydrogens (tertiary/aromatic N) is 3. The monoisotopic (exact) mass is 278 g/mol. The van der Waals surface area contributed by atoms with Crippen molar-refractivity contribution in [2.45, 2.75) is 58.5 Å². The van der Waals surface area contributed by atoms with Crippen LogP contribution in [0.2, 0.25) is 0 Å². The van der Waals surface area contributed by atoms with Gasteiger partial charge in [-0.15, -0.1) is 0 Å². The molecule has 1 N–H and O–H groups in total. The highest BCUT2D eigenvalue weighted by Gasteiger charge is 2.23. The molecule has 2 rings (SSSR count).